The molecule has 0 aliphatic carbocycles. The SMILES string of the molecule is CNCc1cc(S(=O)(=O)NCCC(C)C)c(C)o1. The van der Waals surface area contributed by atoms with Gasteiger partial charge < -0.3 is 9.73 Å². The number of hydrogen-bond acceptors (Lipinski definition) is 4. The molecule has 2 N–H and O–H groups in total. The van der Waals surface area contributed by atoms with E-state index in [0.29, 0.717) is 30.5 Å². The highest BCUT2D eigenvalue weighted by molar-refractivity contribution is 7.89. The standard InChI is InChI=1S/C12H22N2O3S/c1-9(2)5-6-14-18(15,16)12-7-11(8-13-4)17-10(12)3/h7,9,13-14H,5-6,8H2,1-4H3. The van der Waals surface area contributed by atoms with Gasteiger partial charge in [0.25, 0.3) is 0 Å². The Morgan fingerprint density at radius 1 is 1.39 bits per heavy atom. The van der Waals surface area contributed by atoms with Crippen LogP contribution in [0.4, 0.5) is 0 Å². The van der Waals surface area contributed by atoms with Gasteiger partial charge in [0, 0.05) is 12.6 Å². The van der Waals surface area contributed by atoms with E-state index in [1.165, 1.54) is 0 Å². The minimum atomic E-state index is -3.46. The van der Waals surface area contributed by atoms with E-state index < -0.39 is 10.0 Å². The van der Waals surface area contributed by atoms with Gasteiger partial charge in [0.05, 0.1) is 6.54 Å². The molecule has 0 unspecified atom stereocenters. The number of rotatable bonds is 7. The van der Waals surface area contributed by atoms with Gasteiger partial charge in [0.1, 0.15) is 16.4 Å². The predicted octanol–water partition coefficient (Wildman–Crippen LogP) is 1.63. The lowest BCUT2D eigenvalue weighted by atomic mass is 10.1. The van der Waals surface area contributed by atoms with E-state index in [1.54, 1.807) is 20.0 Å². The summed E-state index contributed by atoms with van der Waals surface area (Å²) in [6.07, 6.45) is 0.819. The average Bonchev–Trinajstić information content (AvgIpc) is 2.60. The molecule has 0 bridgehead atoms. The molecular weight excluding hydrogens is 252 g/mol. The van der Waals surface area contributed by atoms with Crippen molar-refractivity contribution in [1.29, 1.82) is 0 Å². The Morgan fingerprint density at radius 2 is 2.06 bits per heavy atom. The van der Waals surface area contributed by atoms with Gasteiger partial charge in [-0.3, -0.25) is 0 Å². The van der Waals surface area contributed by atoms with Gasteiger partial charge in [-0.05, 0) is 26.3 Å². The van der Waals surface area contributed by atoms with Crippen LogP contribution in [0.1, 0.15) is 31.8 Å². The van der Waals surface area contributed by atoms with Gasteiger partial charge >= 0.3 is 0 Å². The fraction of sp³-hybridized carbons (Fsp3) is 0.667. The van der Waals surface area contributed by atoms with Crippen molar-refractivity contribution in [1.82, 2.24) is 10.0 Å². The zero-order valence-electron chi connectivity index (χ0n) is 11.4. The Labute approximate surface area is 109 Å². The molecule has 0 aromatic carbocycles. The molecule has 0 aliphatic heterocycles. The molecule has 1 heterocycles. The zero-order valence-corrected chi connectivity index (χ0v) is 12.2. The van der Waals surface area contributed by atoms with Crippen LogP contribution in [0.25, 0.3) is 0 Å². The summed E-state index contributed by atoms with van der Waals surface area (Å²) >= 11 is 0. The number of furan rings is 1. The summed E-state index contributed by atoms with van der Waals surface area (Å²) in [6.45, 7) is 6.75. The van der Waals surface area contributed by atoms with E-state index in [1.807, 2.05) is 0 Å². The molecule has 6 heteroatoms. The molecule has 18 heavy (non-hydrogen) atoms. The lowest BCUT2D eigenvalue weighted by Gasteiger charge is -2.07. The summed E-state index contributed by atoms with van der Waals surface area (Å²) in [7, 11) is -1.67. The molecule has 1 aromatic heterocycles. The first-order valence-electron chi connectivity index (χ1n) is 6.10. The second kappa shape index (κ2) is 6.36. The fourth-order valence-electron chi connectivity index (χ4n) is 1.61. The minimum absolute atomic E-state index is 0.233. The topological polar surface area (TPSA) is 71.3 Å². The molecule has 0 radical (unpaired) electrons. The van der Waals surface area contributed by atoms with Crippen LogP contribution in [-0.2, 0) is 16.6 Å². The van der Waals surface area contributed by atoms with Crippen LogP contribution >= 0.6 is 0 Å². The molecule has 0 saturated carbocycles. The van der Waals surface area contributed by atoms with Crippen molar-refractivity contribution in [3.8, 4) is 0 Å². The summed E-state index contributed by atoms with van der Waals surface area (Å²) in [6, 6.07) is 1.57. The van der Waals surface area contributed by atoms with E-state index in [0.717, 1.165) is 6.42 Å². The Bertz CT molecular complexity index is 478. The Morgan fingerprint density at radius 3 is 2.61 bits per heavy atom. The third-order valence-corrected chi connectivity index (χ3v) is 4.15. The molecule has 0 atom stereocenters. The molecule has 1 rings (SSSR count). The summed E-state index contributed by atoms with van der Waals surface area (Å²) in [5.41, 5.74) is 0. The monoisotopic (exact) mass is 274 g/mol. The normalized spacial score (nSPS) is 12.3. The lowest BCUT2D eigenvalue weighted by molar-refractivity contribution is 0.465. The number of aryl methyl sites for hydroxylation is 1. The smallest absolute Gasteiger partial charge is 0.244 e. The van der Waals surface area contributed by atoms with E-state index in [-0.39, 0.29) is 4.90 Å². The number of hydrogen-bond donors (Lipinski definition) is 2. The number of nitrogens with one attached hydrogen (secondary N) is 2. The molecule has 5 nitrogen and oxygen atoms in total. The summed E-state index contributed by atoms with van der Waals surface area (Å²) in [5.74, 6) is 1.52. The predicted molar refractivity (Wildman–Crippen MR) is 70.9 cm³/mol. The van der Waals surface area contributed by atoms with Crippen LogP contribution in [0.5, 0.6) is 0 Å². The van der Waals surface area contributed by atoms with Crippen LogP contribution < -0.4 is 10.0 Å². The van der Waals surface area contributed by atoms with E-state index >= 15 is 0 Å². The third kappa shape index (κ3) is 4.12. The van der Waals surface area contributed by atoms with Gasteiger partial charge in [-0.15, -0.1) is 0 Å². The van der Waals surface area contributed by atoms with Gasteiger partial charge in [-0.25, -0.2) is 13.1 Å². The third-order valence-electron chi connectivity index (χ3n) is 2.58. The first-order valence-corrected chi connectivity index (χ1v) is 7.58. The number of sulfonamides is 1. The maximum Gasteiger partial charge on any atom is 0.244 e. The molecule has 0 fully saturated rings. The van der Waals surface area contributed by atoms with Crippen molar-refractivity contribution in [3.05, 3.63) is 17.6 Å². The molecule has 1 aromatic rings. The highest BCUT2D eigenvalue weighted by Gasteiger charge is 2.20. The quantitative estimate of drug-likeness (QED) is 0.793. The summed E-state index contributed by atoms with van der Waals surface area (Å²) in [5, 5.41) is 2.93. The van der Waals surface area contributed by atoms with Crippen molar-refractivity contribution in [3.63, 3.8) is 0 Å². The van der Waals surface area contributed by atoms with Gasteiger partial charge in [0.15, 0.2) is 0 Å². The molecule has 104 valence electrons. The van der Waals surface area contributed by atoms with Crippen LogP contribution in [-0.4, -0.2) is 22.0 Å². The fourth-order valence-corrected chi connectivity index (χ4v) is 2.86. The minimum Gasteiger partial charge on any atom is -0.464 e. The van der Waals surface area contributed by atoms with Gasteiger partial charge in [-0.1, -0.05) is 13.8 Å². The van der Waals surface area contributed by atoms with Crippen LogP contribution in [0.3, 0.4) is 0 Å². The summed E-state index contributed by atoms with van der Waals surface area (Å²) in [4.78, 5) is 0.233. The highest BCUT2D eigenvalue weighted by atomic mass is 32.2. The molecule has 0 amide bonds. The van der Waals surface area contributed by atoms with E-state index in [9.17, 15) is 8.42 Å². The lowest BCUT2D eigenvalue weighted by Crippen LogP contribution is -2.25. The summed E-state index contributed by atoms with van der Waals surface area (Å²) < 4.78 is 32.1. The molecular formula is C12H22N2O3S. The Hall–Kier alpha value is -0.850. The second-order valence-electron chi connectivity index (χ2n) is 4.74. The Balaban J connectivity index is 2.78. The van der Waals surface area contributed by atoms with Crippen LogP contribution in [0.2, 0.25) is 0 Å². The van der Waals surface area contributed by atoms with Crippen molar-refractivity contribution >= 4 is 10.0 Å². The van der Waals surface area contributed by atoms with Crippen molar-refractivity contribution in [2.75, 3.05) is 13.6 Å². The molecule has 0 spiro atoms. The van der Waals surface area contributed by atoms with E-state index in [4.69, 9.17) is 4.42 Å². The first-order chi connectivity index (χ1) is 8.36. The molecule has 0 saturated heterocycles. The van der Waals surface area contributed by atoms with Crippen LogP contribution in [0, 0.1) is 12.8 Å². The average molecular weight is 274 g/mol. The zero-order chi connectivity index (χ0) is 13.8. The van der Waals surface area contributed by atoms with Crippen LogP contribution in [0.15, 0.2) is 15.4 Å². The highest BCUT2D eigenvalue weighted by Crippen LogP contribution is 2.19. The maximum atomic E-state index is 12.1. The van der Waals surface area contributed by atoms with Crippen molar-refractivity contribution < 1.29 is 12.8 Å². The molecule has 0 aliphatic rings. The maximum absolute atomic E-state index is 12.1. The first kappa shape index (κ1) is 15.2. The second-order valence-corrected chi connectivity index (χ2v) is 6.48. The largest absolute Gasteiger partial charge is 0.464 e. The Kier molecular flexibility index (Phi) is 5.37. The van der Waals surface area contributed by atoms with Gasteiger partial charge in [0.2, 0.25) is 10.0 Å². The van der Waals surface area contributed by atoms with Crippen molar-refractivity contribution in [2.45, 2.75) is 38.6 Å². The van der Waals surface area contributed by atoms with E-state index in [2.05, 4.69) is 23.9 Å². The van der Waals surface area contributed by atoms with Crippen molar-refractivity contribution in [2.24, 2.45) is 5.92 Å². The van der Waals surface area contributed by atoms with Gasteiger partial charge in [-0.2, -0.15) is 0 Å².